The molecule has 0 aromatic heterocycles. The van der Waals surface area contributed by atoms with E-state index in [0.717, 1.165) is 11.1 Å². The number of nitrogens with one attached hydrogen (secondary N) is 1. The Hall–Kier alpha value is -1.44. The fourth-order valence-electron chi connectivity index (χ4n) is 2.23. The summed E-state index contributed by atoms with van der Waals surface area (Å²) in [4.78, 5) is 10.4. The first-order chi connectivity index (χ1) is 11.3. The summed E-state index contributed by atoms with van der Waals surface area (Å²) in [5.74, 6) is -1.09. The number of carbonyl (C=O) groups is 1. The summed E-state index contributed by atoms with van der Waals surface area (Å²) in [6.07, 6.45) is 0. The van der Waals surface area contributed by atoms with Gasteiger partial charge in [0.25, 0.3) is 5.91 Å². The lowest BCUT2D eigenvalue weighted by Crippen LogP contribution is -2.19. The molecule has 2 aromatic carbocycles. The summed E-state index contributed by atoms with van der Waals surface area (Å²) in [5, 5.41) is 13.1. The highest BCUT2D eigenvalue weighted by Gasteiger charge is 2.20. The van der Waals surface area contributed by atoms with Crippen LogP contribution < -0.4 is 5.32 Å². The van der Waals surface area contributed by atoms with Crippen LogP contribution in [0.5, 0.6) is 0 Å². The maximum absolute atomic E-state index is 11.6. The molecule has 124 valence electrons. The quantitative estimate of drug-likeness (QED) is 0.668. The van der Waals surface area contributed by atoms with Crippen molar-refractivity contribution in [2.75, 3.05) is 5.32 Å². The number of aryl methyl sites for hydroxylation is 1. The number of amides is 1. The van der Waals surface area contributed by atoms with Crippen molar-refractivity contribution >= 4 is 58.0 Å². The molecule has 1 N–H and O–H groups in total. The Kier molecular flexibility index (Phi) is 6.37. The van der Waals surface area contributed by atoms with Crippen LogP contribution in [0.15, 0.2) is 36.4 Å². The lowest BCUT2D eigenvalue weighted by Gasteiger charge is -2.16. The van der Waals surface area contributed by atoms with Crippen LogP contribution in [0.4, 0.5) is 5.69 Å². The molecule has 2 rings (SSSR count). The molecule has 1 unspecified atom stereocenters. The number of hydrogen-bond donors (Lipinski definition) is 1. The van der Waals surface area contributed by atoms with Crippen molar-refractivity contribution in [3.63, 3.8) is 0 Å². The number of halogens is 4. The van der Waals surface area contributed by atoms with E-state index in [1.165, 1.54) is 0 Å². The van der Waals surface area contributed by atoms with Crippen LogP contribution in [0.2, 0.25) is 10.0 Å². The minimum absolute atomic E-state index is 0.359. The summed E-state index contributed by atoms with van der Waals surface area (Å²) in [5.41, 5.74) is 2.66. The second-order valence-electron chi connectivity index (χ2n) is 5.09. The van der Waals surface area contributed by atoms with Crippen molar-refractivity contribution in [2.24, 2.45) is 0 Å². The minimum atomic E-state index is -1.18. The first-order valence-electron chi connectivity index (χ1n) is 6.87. The Morgan fingerprint density at radius 3 is 2.33 bits per heavy atom. The second kappa shape index (κ2) is 8.09. The van der Waals surface area contributed by atoms with Gasteiger partial charge in [0.1, 0.15) is 0 Å². The molecular weight excluding hydrogens is 390 g/mol. The number of nitriles is 1. The number of hydrogen-bond acceptors (Lipinski definition) is 2. The Morgan fingerprint density at radius 1 is 1.17 bits per heavy atom. The fourth-order valence-corrected chi connectivity index (χ4v) is 2.73. The van der Waals surface area contributed by atoms with Gasteiger partial charge in [-0.05, 0) is 41.8 Å². The standard InChI is InChI=1S/C17H12Cl4N2O/c1-9-6-12(13(8-22)10-2-4-11(18)5-3-10)14(19)7-15(9)23-17(24)16(20)21/h2-7,13,16H,1H3,(H,23,24). The van der Waals surface area contributed by atoms with Crippen LogP contribution >= 0.6 is 46.4 Å². The van der Waals surface area contributed by atoms with Gasteiger partial charge in [-0.15, -0.1) is 0 Å². The minimum Gasteiger partial charge on any atom is -0.323 e. The summed E-state index contributed by atoms with van der Waals surface area (Å²) in [7, 11) is 0. The number of alkyl halides is 2. The average molecular weight is 402 g/mol. The zero-order valence-electron chi connectivity index (χ0n) is 12.5. The van der Waals surface area contributed by atoms with Crippen molar-refractivity contribution in [3.05, 3.63) is 63.1 Å². The molecule has 0 fully saturated rings. The van der Waals surface area contributed by atoms with Gasteiger partial charge in [0.05, 0.1) is 12.0 Å². The van der Waals surface area contributed by atoms with E-state index in [1.807, 2.05) is 0 Å². The molecular formula is C17H12Cl4N2O. The summed E-state index contributed by atoms with van der Waals surface area (Å²) >= 11 is 23.3. The Morgan fingerprint density at radius 2 is 1.79 bits per heavy atom. The van der Waals surface area contributed by atoms with Crippen LogP contribution in [0.1, 0.15) is 22.6 Å². The third-order valence-corrected chi connectivity index (χ3v) is 4.42. The predicted octanol–water partition coefficient (Wildman–Crippen LogP) is 5.70. The Balaban J connectivity index is 2.40. The van der Waals surface area contributed by atoms with Gasteiger partial charge in [0, 0.05) is 15.7 Å². The van der Waals surface area contributed by atoms with E-state index in [4.69, 9.17) is 46.4 Å². The predicted molar refractivity (Wildman–Crippen MR) is 99.2 cm³/mol. The maximum atomic E-state index is 11.6. The van der Waals surface area contributed by atoms with E-state index in [0.29, 0.717) is 21.3 Å². The largest absolute Gasteiger partial charge is 0.323 e. The molecule has 0 saturated heterocycles. The molecule has 0 saturated carbocycles. The van der Waals surface area contributed by atoms with Gasteiger partial charge in [-0.3, -0.25) is 4.79 Å². The van der Waals surface area contributed by atoms with E-state index < -0.39 is 16.7 Å². The molecule has 0 radical (unpaired) electrons. The van der Waals surface area contributed by atoms with Crippen LogP contribution in [0.3, 0.4) is 0 Å². The molecule has 0 bridgehead atoms. The van der Waals surface area contributed by atoms with Crippen molar-refractivity contribution in [3.8, 4) is 6.07 Å². The SMILES string of the molecule is Cc1cc(C(C#N)c2ccc(Cl)cc2)c(Cl)cc1NC(=O)C(Cl)Cl. The van der Waals surface area contributed by atoms with Crippen molar-refractivity contribution in [2.45, 2.75) is 17.7 Å². The monoisotopic (exact) mass is 400 g/mol. The van der Waals surface area contributed by atoms with Gasteiger partial charge >= 0.3 is 0 Å². The molecule has 2 aromatic rings. The topological polar surface area (TPSA) is 52.9 Å². The van der Waals surface area contributed by atoms with Crippen LogP contribution in [-0.2, 0) is 4.79 Å². The molecule has 1 atom stereocenters. The van der Waals surface area contributed by atoms with Gasteiger partial charge in [-0.1, -0.05) is 64.6 Å². The molecule has 7 heteroatoms. The summed E-state index contributed by atoms with van der Waals surface area (Å²) < 4.78 is 0. The summed E-state index contributed by atoms with van der Waals surface area (Å²) in [6.45, 7) is 1.79. The van der Waals surface area contributed by atoms with Gasteiger partial charge in [-0.2, -0.15) is 5.26 Å². The normalized spacial score (nSPS) is 11.9. The molecule has 3 nitrogen and oxygen atoms in total. The molecule has 24 heavy (non-hydrogen) atoms. The highest BCUT2D eigenvalue weighted by molar-refractivity contribution is 6.54. The second-order valence-corrected chi connectivity index (χ2v) is 7.03. The zero-order chi connectivity index (χ0) is 17.9. The van der Waals surface area contributed by atoms with Gasteiger partial charge in [0.2, 0.25) is 0 Å². The van der Waals surface area contributed by atoms with Crippen molar-refractivity contribution in [1.29, 1.82) is 5.26 Å². The fraction of sp³-hybridized carbons (Fsp3) is 0.176. The highest BCUT2D eigenvalue weighted by Crippen LogP contribution is 2.34. The zero-order valence-corrected chi connectivity index (χ0v) is 15.5. The Bertz CT molecular complexity index is 797. The van der Waals surface area contributed by atoms with E-state index in [-0.39, 0.29) is 0 Å². The molecule has 0 spiro atoms. The maximum Gasteiger partial charge on any atom is 0.257 e. The number of carbonyl (C=O) groups excluding carboxylic acids is 1. The van der Waals surface area contributed by atoms with Gasteiger partial charge in [-0.25, -0.2) is 0 Å². The van der Waals surface area contributed by atoms with Crippen molar-refractivity contribution in [1.82, 2.24) is 0 Å². The first kappa shape index (κ1) is 18.9. The van der Waals surface area contributed by atoms with E-state index in [1.54, 1.807) is 43.3 Å². The van der Waals surface area contributed by atoms with Crippen LogP contribution in [-0.4, -0.2) is 10.7 Å². The van der Waals surface area contributed by atoms with Crippen LogP contribution in [0.25, 0.3) is 0 Å². The molecule has 0 aliphatic heterocycles. The lowest BCUT2D eigenvalue weighted by molar-refractivity contribution is -0.114. The van der Waals surface area contributed by atoms with Crippen LogP contribution in [0, 0.1) is 18.3 Å². The Labute approximate surface area is 160 Å². The molecule has 1 amide bonds. The van der Waals surface area contributed by atoms with E-state index in [9.17, 15) is 10.1 Å². The number of rotatable bonds is 4. The molecule has 0 aliphatic carbocycles. The number of benzene rings is 2. The number of nitrogens with zero attached hydrogens (tertiary/aromatic N) is 1. The number of anilines is 1. The lowest BCUT2D eigenvalue weighted by atomic mass is 9.91. The average Bonchev–Trinajstić information content (AvgIpc) is 2.54. The third kappa shape index (κ3) is 4.34. The van der Waals surface area contributed by atoms with Gasteiger partial charge in [0.15, 0.2) is 4.84 Å². The first-order valence-corrected chi connectivity index (χ1v) is 8.50. The molecule has 0 aliphatic rings. The third-order valence-electron chi connectivity index (χ3n) is 3.44. The smallest absolute Gasteiger partial charge is 0.257 e. The molecule has 0 heterocycles. The summed E-state index contributed by atoms with van der Waals surface area (Å²) in [6, 6.07) is 12.6. The van der Waals surface area contributed by atoms with E-state index in [2.05, 4.69) is 11.4 Å². The highest BCUT2D eigenvalue weighted by atomic mass is 35.5. The van der Waals surface area contributed by atoms with E-state index >= 15 is 0 Å². The van der Waals surface area contributed by atoms with Crippen molar-refractivity contribution < 1.29 is 4.79 Å². The van der Waals surface area contributed by atoms with Gasteiger partial charge < -0.3 is 5.32 Å².